The fourth-order valence-corrected chi connectivity index (χ4v) is 1.29. The Morgan fingerprint density at radius 3 is 2.43 bits per heavy atom. The van der Waals surface area contributed by atoms with Gasteiger partial charge in [0, 0.05) is 6.42 Å². The van der Waals surface area contributed by atoms with E-state index >= 15 is 0 Å². The van der Waals surface area contributed by atoms with Crippen molar-refractivity contribution in [1.82, 2.24) is 5.32 Å². The first-order chi connectivity index (χ1) is 9.65. The quantitative estimate of drug-likeness (QED) is 0.492. The molecule has 0 bridgehead atoms. The highest BCUT2D eigenvalue weighted by molar-refractivity contribution is 5.85. The number of carbonyl (C=O) groups excluding carboxylic acids is 3. The average Bonchev–Trinajstić information content (AvgIpc) is 2.37. The third kappa shape index (κ3) is 10.5. The summed E-state index contributed by atoms with van der Waals surface area (Å²) in [6.07, 6.45) is 1.60. The Bertz CT molecular complexity index is 387. The van der Waals surface area contributed by atoms with Crippen molar-refractivity contribution in [2.75, 3.05) is 13.2 Å². The molecule has 1 atom stereocenters. The molecule has 0 rings (SSSR count). The lowest BCUT2D eigenvalue weighted by Crippen LogP contribution is -2.43. The van der Waals surface area contributed by atoms with Gasteiger partial charge in [-0.15, -0.1) is 0 Å². The molecule has 0 heterocycles. The Morgan fingerprint density at radius 1 is 1.29 bits per heavy atom. The van der Waals surface area contributed by atoms with Crippen LogP contribution in [0.25, 0.3) is 0 Å². The van der Waals surface area contributed by atoms with Crippen LogP contribution >= 0.6 is 0 Å². The molecule has 7 heteroatoms. The van der Waals surface area contributed by atoms with Crippen LogP contribution in [0.4, 0.5) is 0 Å². The predicted molar refractivity (Wildman–Crippen MR) is 77.2 cm³/mol. The van der Waals surface area contributed by atoms with Gasteiger partial charge in [0.25, 0.3) is 0 Å². The van der Waals surface area contributed by atoms with Gasteiger partial charge in [0.2, 0.25) is 5.91 Å². The van der Waals surface area contributed by atoms with E-state index < -0.39 is 29.5 Å². The van der Waals surface area contributed by atoms with E-state index in [9.17, 15) is 14.4 Å². The molecule has 0 saturated carbocycles. The van der Waals surface area contributed by atoms with Gasteiger partial charge in [0.15, 0.2) is 0 Å². The predicted octanol–water partition coefficient (Wildman–Crippen LogP) is 0.281. The third-order valence-corrected chi connectivity index (χ3v) is 2.19. The van der Waals surface area contributed by atoms with Crippen LogP contribution in [0.2, 0.25) is 0 Å². The highest BCUT2D eigenvalue weighted by atomic mass is 16.6. The molecule has 0 saturated heterocycles. The minimum absolute atomic E-state index is 0.0345. The zero-order valence-corrected chi connectivity index (χ0v) is 12.8. The van der Waals surface area contributed by atoms with E-state index in [0.29, 0.717) is 0 Å². The summed E-state index contributed by atoms with van der Waals surface area (Å²) >= 11 is 0. The van der Waals surface area contributed by atoms with Crippen LogP contribution < -0.4 is 11.1 Å². The SMILES string of the molecule is C=CCOC(=O)CNC(=O)C(N)CCC(=O)OC(C)(C)C. The van der Waals surface area contributed by atoms with Crippen LogP contribution in [0, 0.1) is 0 Å². The molecule has 0 aromatic carbocycles. The topological polar surface area (TPSA) is 108 Å². The fourth-order valence-electron chi connectivity index (χ4n) is 1.29. The standard InChI is InChI=1S/C14H24N2O5/c1-5-8-20-12(18)9-16-13(19)10(15)6-7-11(17)21-14(2,3)4/h5,10H,1,6-9,15H2,2-4H3,(H,16,19). The van der Waals surface area contributed by atoms with Crippen molar-refractivity contribution in [3.8, 4) is 0 Å². The van der Waals surface area contributed by atoms with Gasteiger partial charge < -0.3 is 20.5 Å². The summed E-state index contributed by atoms with van der Waals surface area (Å²) in [6.45, 7) is 8.47. The molecule has 1 amide bonds. The normalized spacial score (nSPS) is 12.2. The number of rotatable bonds is 8. The number of hydrogen-bond acceptors (Lipinski definition) is 6. The zero-order chi connectivity index (χ0) is 16.5. The highest BCUT2D eigenvalue weighted by Gasteiger charge is 2.20. The molecular weight excluding hydrogens is 276 g/mol. The van der Waals surface area contributed by atoms with E-state index in [1.54, 1.807) is 20.8 Å². The lowest BCUT2D eigenvalue weighted by Gasteiger charge is -2.20. The number of carbonyl (C=O) groups is 3. The molecule has 0 aromatic rings. The fraction of sp³-hybridized carbons (Fsp3) is 0.643. The van der Waals surface area contributed by atoms with Gasteiger partial charge in [-0.1, -0.05) is 12.7 Å². The Labute approximate surface area is 124 Å². The number of nitrogens with one attached hydrogen (secondary N) is 1. The monoisotopic (exact) mass is 300 g/mol. The first-order valence-electron chi connectivity index (χ1n) is 6.67. The van der Waals surface area contributed by atoms with Crippen molar-refractivity contribution in [2.45, 2.75) is 45.3 Å². The van der Waals surface area contributed by atoms with Crippen molar-refractivity contribution in [2.24, 2.45) is 5.73 Å². The molecule has 0 spiro atoms. The van der Waals surface area contributed by atoms with Crippen LogP contribution in [-0.2, 0) is 23.9 Å². The summed E-state index contributed by atoms with van der Waals surface area (Å²) in [5.74, 6) is -1.52. The van der Waals surface area contributed by atoms with E-state index in [2.05, 4.69) is 16.6 Å². The van der Waals surface area contributed by atoms with Crippen LogP contribution in [-0.4, -0.2) is 42.6 Å². The molecule has 7 nitrogen and oxygen atoms in total. The van der Waals surface area contributed by atoms with E-state index in [1.807, 2.05) is 0 Å². The van der Waals surface area contributed by atoms with Gasteiger partial charge in [0.1, 0.15) is 18.8 Å². The maximum atomic E-state index is 11.6. The van der Waals surface area contributed by atoms with Gasteiger partial charge in [-0.05, 0) is 27.2 Å². The number of ether oxygens (including phenoxy) is 2. The second-order valence-corrected chi connectivity index (χ2v) is 5.42. The number of amides is 1. The van der Waals surface area contributed by atoms with Crippen LogP contribution in [0.3, 0.4) is 0 Å². The Kier molecular flexibility index (Phi) is 8.30. The van der Waals surface area contributed by atoms with Crippen molar-refractivity contribution < 1.29 is 23.9 Å². The molecule has 0 aromatic heterocycles. The minimum Gasteiger partial charge on any atom is -0.460 e. The summed E-state index contributed by atoms with van der Waals surface area (Å²) < 4.78 is 9.79. The molecule has 3 N–H and O–H groups in total. The summed E-state index contributed by atoms with van der Waals surface area (Å²) in [6, 6.07) is -0.885. The summed E-state index contributed by atoms with van der Waals surface area (Å²) in [5.41, 5.74) is 5.06. The van der Waals surface area contributed by atoms with Crippen molar-refractivity contribution in [1.29, 1.82) is 0 Å². The molecule has 0 aliphatic heterocycles. The first-order valence-corrected chi connectivity index (χ1v) is 6.67. The molecule has 1 unspecified atom stereocenters. The van der Waals surface area contributed by atoms with Crippen molar-refractivity contribution >= 4 is 17.8 Å². The van der Waals surface area contributed by atoms with E-state index in [-0.39, 0.29) is 26.0 Å². The highest BCUT2D eigenvalue weighted by Crippen LogP contribution is 2.09. The van der Waals surface area contributed by atoms with E-state index in [1.165, 1.54) is 6.08 Å². The lowest BCUT2D eigenvalue weighted by molar-refractivity contribution is -0.155. The average molecular weight is 300 g/mol. The van der Waals surface area contributed by atoms with Crippen molar-refractivity contribution in [3.05, 3.63) is 12.7 Å². The maximum absolute atomic E-state index is 11.6. The van der Waals surface area contributed by atoms with Gasteiger partial charge in [0.05, 0.1) is 6.04 Å². The number of nitrogens with two attached hydrogens (primary N) is 1. The Hall–Kier alpha value is -1.89. The Balaban J connectivity index is 3.97. The van der Waals surface area contributed by atoms with Gasteiger partial charge in [-0.3, -0.25) is 14.4 Å². The summed E-state index contributed by atoms with van der Waals surface area (Å²) in [4.78, 5) is 34.2. The van der Waals surface area contributed by atoms with Crippen LogP contribution in [0.1, 0.15) is 33.6 Å². The van der Waals surface area contributed by atoms with Crippen LogP contribution in [0.5, 0.6) is 0 Å². The van der Waals surface area contributed by atoms with E-state index in [4.69, 9.17) is 10.5 Å². The van der Waals surface area contributed by atoms with Gasteiger partial charge in [-0.2, -0.15) is 0 Å². The first kappa shape index (κ1) is 19.1. The molecule has 0 aliphatic rings. The van der Waals surface area contributed by atoms with Crippen LogP contribution in [0.15, 0.2) is 12.7 Å². The molecular formula is C14H24N2O5. The largest absolute Gasteiger partial charge is 0.460 e. The van der Waals surface area contributed by atoms with E-state index in [0.717, 1.165) is 0 Å². The molecule has 120 valence electrons. The number of hydrogen-bond donors (Lipinski definition) is 2. The van der Waals surface area contributed by atoms with Gasteiger partial charge in [-0.25, -0.2) is 0 Å². The minimum atomic E-state index is -0.885. The van der Waals surface area contributed by atoms with Crippen molar-refractivity contribution in [3.63, 3.8) is 0 Å². The lowest BCUT2D eigenvalue weighted by atomic mass is 10.1. The second kappa shape index (κ2) is 9.12. The molecule has 0 aliphatic carbocycles. The van der Waals surface area contributed by atoms with Gasteiger partial charge >= 0.3 is 11.9 Å². The maximum Gasteiger partial charge on any atom is 0.325 e. The molecule has 21 heavy (non-hydrogen) atoms. The second-order valence-electron chi connectivity index (χ2n) is 5.42. The number of esters is 2. The molecule has 0 radical (unpaired) electrons. The smallest absolute Gasteiger partial charge is 0.325 e. The Morgan fingerprint density at radius 2 is 1.90 bits per heavy atom. The zero-order valence-electron chi connectivity index (χ0n) is 12.8. The summed E-state index contributed by atoms with van der Waals surface area (Å²) in [5, 5.41) is 2.34. The summed E-state index contributed by atoms with van der Waals surface area (Å²) in [7, 11) is 0. The molecule has 0 fully saturated rings. The third-order valence-electron chi connectivity index (χ3n) is 2.19.